The van der Waals surface area contributed by atoms with Crippen LogP contribution in [-0.4, -0.2) is 45.0 Å². The summed E-state index contributed by atoms with van der Waals surface area (Å²) in [5.74, 6) is 0.922. The molecule has 0 aromatic rings. The zero-order valence-electron chi connectivity index (χ0n) is 25.8. The van der Waals surface area contributed by atoms with Crippen molar-refractivity contribution in [1.82, 2.24) is 0 Å². The van der Waals surface area contributed by atoms with E-state index in [4.69, 9.17) is 9.98 Å². The van der Waals surface area contributed by atoms with Crippen LogP contribution in [-0.2, 0) is 9.59 Å². The second kappa shape index (κ2) is 14.1. The number of hydrogen-bond acceptors (Lipinski definition) is 6. The van der Waals surface area contributed by atoms with Gasteiger partial charge in [0.25, 0.3) is 0 Å². The zero-order valence-corrected chi connectivity index (χ0v) is 29.8. The van der Waals surface area contributed by atoms with Crippen molar-refractivity contribution >= 4 is 23.7 Å². The van der Waals surface area contributed by atoms with Crippen molar-refractivity contribution < 1.29 is 89.1 Å². The van der Waals surface area contributed by atoms with Crippen LogP contribution in [0.25, 0.3) is 0 Å². The van der Waals surface area contributed by atoms with Crippen LogP contribution in [0.4, 0.5) is 0 Å². The van der Waals surface area contributed by atoms with Crippen LogP contribution < -0.4 is 69.3 Å². The number of carboxylic acids is 2. The minimum absolute atomic E-state index is 0. The number of rotatable bonds is 13. The molecule has 0 aromatic carbocycles. The van der Waals surface area contributed by atoms with Gasteiger partial charge in [-0.25, -0.2) is 0 Å². The molecule has 8 nitrogen and oxygen atoms in total. The normalized spacial score (nSPS) is 39.3. The molecule has 0 spiro atoms. The van der Waals surface area contributed by atoms with Gasteiger partial charge in [-0.3, -0.25) is 19.6 Å². The van der Waals surface area contributed by atoms with Crippen LogP contribution in [0.15, 0.2) is 9.98 Å². The average Bonchev–Trinajstić information content (AvgIpc) is 2.79. The molecular formula is C32H46N2Na2O6. The van der Waals surface area contributed by atoms with Gasteiger partial charge in [0.1, 0.15) is 0 Å². The number of nitrogens with zero attached hydrogens (tertiary/aromatic N) is 2. The van der Waals surface area contributed by atoms with Crippen LogP contribution in [0, 0.1) is 47.3 Å². The van der Waals surface area contributed by atoms with E-state index in [1.807, 2.05) is 0 Å². The van der Waals surface area contributed by atoms with Crippen LogP contribution in [0.1, 0.15) is 116 Å². The maximum atomic E-state index is 13.1. The van der Waals surface area contributed by atoms with E-state index in [1.165, 1.54) is 38.5 Å². The van der Waals surface area contributed by atoms with E-state index >= 15 is 0 Å². The van der Waals surface area contributed by atoms with Gasteiger partial charge in [0, 0.05) is 12.8 Å². The number of carbonyl (C=O) groups is 2. The van der Waals surface area contributed by atoms with E-state index in [9.17, 15) is 30.0 Å². The van der Waals surface area contributed by atoms with Gasteiger partial charge < -0.3 is 20.4 Å². The molecule has 8 saturated carbocycles. The van der Waals surface area contributed by atoms with Gasteiger partial charge in [0.15, 0.2) is 0 Å². The Hall–Kier alpha value is -0.120. The molecule has 0 saturated heterocycles. The van der Waals surface area contributed by atoms with E-state index in [-0.39, 0.29) is 108 Å². The van der Waals surface area contributed by atoms with Crippen molar-refractivity contribution in [2.45, 2.75) is 127 Å². The van der Waals surface area contributed by atoms with Crippen LogP contribution in [0.5, 0.6) is 0 Å². The fourth-order valence-electron chi connectivity index (χ4n) is 11.0. The topological polar surface area (TPSA) is 145 Å². The molecule has 2 N–H and O–H groups in total. The zero-order chi connectivity index (χ0) is 28.1. The van der Waals surface area contributed by atoms with Crippen molar-refractivity contribution in [2.75, 3.05) is 0 Å². The molecule has 8 aliphatic carbocycles. The predicted molar refractivity (Wildman–Crippen MR) is 147 cm³/mol. The van der Waals surface area contributed by atoms with E-state index < -0.39 is 23.8 Å². The first-order valence-electron chi connectivity index (χ1n) is 16.0. The molecule has 42 heavy (non-hydrogen) atoms. The van der Waals surface area contributed by atoms with Crippen molar-refractivity contribution in [3.8, 4) is 0 Å². The Morgan fingerprint density at radius 3 is 1.07 bits per heavy atom. The van der Waals surface area contributed by atoms with E-state index in [2.05, 4.69) is 0 Å². The Bertz CT molecular complexity index is 909. The third-order valence-corrected chi connectivity index (χ3v) is 11.6. The maximum Gasteiger partial charge on any atom is 1.00 e. The first kappa shape index (κ1) is 34.7. The average molecular weight is 601 g/mol. The Kier molecular flexibility index (Phi) is 11.7. The van der Waals surface area contributed by atoms with Crippen molar-refractivity contribution in [3.63, 3.8) is 0 Å². The van der Waals surface area contributed by atoms with Gasteiger partial charge in [-0.2, -0.15) is 0 Å². The Balaban J connectivity index is 0.00000202. The fourth-order valence-corrected chi connectivity index (χ4v) is 11.0. The number of carboxylic acid groups (broad SMARTS) is 2. The molecule has 8 bridgehead atoms. The molecule has 0 amide bonds. The van der Waals surface area contributed by atoms with Crippen LogP contribution >= 0.6 is 0 Å². The summed E-state index contributed by atoms with van der Waals surface area (Å²) in [5, 5.41) is 45.4. The molecule has 0 radical (unpaired) electrons. The SMILES string of the molecule is O=C(O)CC(CCC(CC(=O)O)CC([O-])=NC12CC3CC(CC(C3)C1)C2)CC([O-])=NC12CC3CC(CC(C3)C1)C2.[Na+].[Na+]. The summed E-state index contributed by atoms with van der Waals surface area (Å²) in [5.41, 5.74) is -0.479. The summed E-state index contributed by atoms with van der Waals surface area (Å²) in [4.78, 5) is 32.8. The van der Waals surface area contributed by atoms with Gasteiger partial charge in [-0.1, -0.05) is 0 Å². The Labute approximate surface area is 294 Å². The van der Waals surface area contributed by atoms with Gasteiger partial charge in [-0.05, 0) is 162 Å². The van der Waals surface area contributed by atoms with Crippen LogP contribution in [0.3, 0.4) is 0 Å². The molecule has 222 valence electrons. The number of aliphatic imine (C=N–C) groups is 2. The minimum atomic E-state index is -0.963. The number of hydrogen-bond donors (Lipinski definition) is 2. The molecule has 8 fully saturated rings. The quantitative estimate of drug-likeness (QED) is 0.145. The van der Waals surface area contributed by atoms with Gasteiger partial charge >= 0.3 is 71.1 Å². The Morgan fingerprint density at radius 2 is 0.833 bits per heavy atom. The standard InChI is InChI=1S/C32H48N2O6.2Na/c35-27(33-31-13-21-3-22(14-31)5-23(4-21)15-31)9-19(11-29(37)38)1-2-20(12-30(39)40)10-28(36)34-32-16-24-6-25(17-32)8-26(7-24)18-32;;/h19-26H,1-18H2,(H,33,35)(H,34,36)(H,37,38)(H,39,40);;/q;2*+1/p-2. The van der Waals surface area contributed by atoms with Crippen molar-refractivity contribution in [3.05, 3.63) is 0 Å². The largest absolute Gasteiger partial charge is 1.00 e. The third kappa shape index (κ3) is 8.37. The molecule has 0 aromatic heterocycles. The van der Waals surface area contributed by atoms with E-state index in [0.29, 0.717) is 48.3 Å². The van der Waals surface area contributed by atoms with Gasteiger partial charge in [-0.15, -0.1) is 0 Å². The van der Waals surface area contributed by atoms with Gasteiger partial charge in [0.05, 0.1) is 11.1 Å². The van der Waals surface area contributed by atoms with E-state index in [0.717, 1.165) is 38.5 Å². The van der Waals surface area contributed by atoms with E-state index in [1.54, 1.807) is 0 Å². The monoisotopic (exact) mass is 600 g/mol. The second-order valence-corrected chi connectivity index (χ2v) is 15.2. The van der Waals surface area contributed by atoms with Crippen molar-refractivity contribution in [2.24, 2.45) is 57.3 Å². The minimum Gasteiger partial charge on any atom is -0.862 e. The molecule has 2 atom stereocenters. The molecule has 0 aliphatic heterocycles. The summed E-state index contributed by atoms with van der Waals surface area (Å²) >= 11 is 0. The summed E-state index contributed by atoms with van der Waals surface area (Å²) in [6.45, 7) is 0. The molecule has 0 heterocycles. The Morgan fingerprint density at radius 1 is 0.571 bits per heavy atom. The number of aliphatic carboxylic acids is 2. The molecule has 10 heteroatoms. The maximum absolute atomic E-state index is 13.1. The first-order chi connectivity index (χ1) is 19.0. The molecule has 8 rings (SSSR count). The molecule has 8 aliphatic rings. The predicted octanol–water partition coefficient (Wildman–Crippen LogP) is -1.81. The molecular weight excluding hydrogens is 554 g/mol. The summed E-state index contributed by atoms with van der Waals surface area (Å²) in [7, 11) is 0. The fraction of sp³-hybridized carbons (Fsp3) is 0.875. The second-order valence-electron chi connectivity index (χ2n) is 15.2. The van der Waals surface area contributed by atoms with Gasteiger partial charge in [0.2, 0.25) is 0 Å². The summed E-state index contributed by atoms with van der Waals surface area (Å²) in [6.07, 6.45) is 14.2. The van der Waals surface area contributed by atoms with Crippen LogP contribution in [0.2, 0.25) is 0 Å². The summed E-state index contributed by atoms with van der Waals surface area (Å²) in [6, 6.07) is 0. The summed E-state index contributed by atoms with van der Waals surface area (Å²) < 4.78 is 0. The third-order valence-electron chi connectivity index (χ3n) is 11.6. The van der Waals surface area contributed by atoms with Crippen molar-refractivity contribution in [1.29, 1.82) is 0 Å². The molecule has 2 unspecified atom stereocenters. The smallest absolute Gasteiger partial charge is 0.862 e. The first-order valence-corrected chi connectivity index (χ1v) is 16.0.